The Hall–Kier alpha value is -1.40. The van der Waals surface area contributed by atoms with E-state index in [-0.39, 0.29) is 17.6 Å². The Balaban J connectivity index is 2.19. The van der Waals surface area contributed by atoms with Crippen LogP contribution >= 0.6 is 0 Å². The quantitative estimate of drug-likeness (QED) is 0.774. The van der Waals surface area contributed by atoms with Gasteiger partial charge >= 0.3 is 0 Å². The molecular formula is C13H21N5O. The van der Waals surface area contributed by atoms with E-state index in [4.69, 9.17) is 0 Å². The van der Waals surface area contributed by atoms with Crippen LogP contribution in [0.4, 0.5) is 0 Å². The van der Waals surface area contributed by atoms with Gasteiger partial charge in [-0.2, -0.15) is 0 Å². The van der Waals surface area contributed by atoms with E-state index in [0.717, 1.165) is 32.6 Å². The third-order valence-electron chi connectivity index (χ3n) is 3.71. The van der Waals surface area contributed by atoms with E-state index in [2.05, 4.69) is 39.0 Å². The summed E-state index contributed by atoms with van der Waals surface area (Å²) in [7, 11) is 0. The molecule has 0 radical (unpaired) electrons. The van der Waals surface area contributed by atoms with E-state index in [1.807, 2.05) is 0 Å². The first-order valence-corrected chi connectivity index (χ1v) is 6.85. The summed E-state index contributed by atoms with van der Waals surface area (Å²) in [4.78, 5) is 26.6. The second-order valence-corrected chi connectivity index (χ2v) is 4.94. The second-order valence-electron chi connectivity index (χ2n) is 4.94. The number of nitrogens with zero attached hydrogens (tertiary/aromatic N) is 4. The summed E-state index contributed by atoms with van der Waals surface area (Å²) in [6.45, 7) is 7.87. The lowest BCUT2D eigenvalue weighted by Crippen LogP contribution is -2.53. The summed E-state index contributed by atoms with van der Waals surface area (Å²) >= 11 is 0. The lowest BCUT2D eigenvalue weighted by molar-refractivity contribution is 0.0687. The third-order valence-corrected chi connectivity index (χ3v) is 3.71. The summed E-state index contributed by atoms with van der Waals surface area (Å²) in [6.07, 6.45) is 3.72. The van der Waals surface area contributed by atoms with Gasteiger partial charge in [-0.05, 0) is 5.92 Å². The normalized spacial score (nSPS) is 19.9. The summed E-state index contributed by atoms with van der Waals surface area (Å²) in [5.74, 6) is 0.583. The predicted octanol–water partition coefficient (Wildman–Crippen LogP) is 0.374. The number of aromatic nitrogens is 3. The van der Waals surface area contributed by atoms with Crippen LogP contribution in [0.1, 0.15) is 30.9 Å². The maximum Gasteiger partial charge on any atom is 0.217 e. The minimum Gasteiger partial charge on any atom is -0.314 e. The second kappa shape index (κ2) is 6.68. The van der Waals surface area contributed by atoms with Gasteiger partial charge in [0.05, 0.1) is 6.04 Å². The highest BCUT2D eigenvalue weighted by Gasteiger charge is 2.33. The van der Waals surface area contributed by atoms with Gasteiger partial charge in [0, 0.05) is 26.2 Å². The van der Waals surface area contributed by atoms with Gasteiger partial charge in [0.25, 0.3) is 0 Å². The van der Waals surface area contributed by atoms with Gasteiger partial charge in [0.1, 0.15) is 12.7 Å². The Morgan fingerprint density at radius 3 is 2.58 bits per heavy atom. The fourth-order valence-electron chi connectivity index (χ4n) is 2.47. The Bertz CT molecular complexity index is 405. The van der Waals surface area contributed by atoms with Crippen molar-refractivity contribution in [3.05, 3.63) is 18.5 Å². The van der Waals surface area contributed by atoms with Crippen molar-refractivity contribution in [1.29, 1.82) is 0 Å². The van der Waals surface area contributed by atoms with Crippen molar-refractivity contribution in [2.45, 2.75) is 26.3 Å². The van der Waals surface area contributed by atoms with Crippen LogP contribution in [0.2, 0.25) is 0 Å². The first-order valence-electron chi connectivity index (χ1n) is 6.85. The number of hydrogen-bond donors (Lipinski definition) is 1. The van der Waals surface area contributed by atoms with Crippen LogP contribution < -0.4 is 5.32 Å². The number of nitrogens with one attached hydrogen (secondary N) is 1. The van der Waals surface area contributed by atoms with Crippen LogP contribution in [-0.4, -0.2) is 57.9 Å². The van der Waals surface area contributed by atoms with Gasteiger partial charge in [0.15, 0.2) is 0 Å². The molecule has 1 aliphatic rings. The topological polar surface area (TPSA) is 71.0 Å². The molecule has 6 nitrogen and oxygen atoms in total. The van der Waals surface area contributed by atoms with Crippen molar-refractivity contribution in [3.8, 4) is 0 Å². The zero-order valence-corrected chi connectivity index (χ0v) is 11.5. The van der Waals surface area contributed by atoms with E-state index in [0.29, 0.717) is 5.92 Å². The minimum atomic E-state index is -0.130. The maximum absolute atomic E-state index is 12.6. The Labute approximate surface area is 113 Å². The van der Waals surface area contributed by atoms with Crippen molar-refractivity contribution in [1.82, 2.24) is 25.2 Å². The van der Waals surface area contributed by atoms with Crippen LogP contribution in [0.25, 0.3) is 0 Å². The van der Waals surface area contributed by atoms with Crippen LogP contribution in [-0.2, 0) is 0 Å². The SMILES string of the molecule is CCC(C)C(C(=O)c1ncncn1)N1CCNCC1. The molecule has 2 rings (SSSR count). The van der Waals surface area contributed by atoms with Crippen molar-refractivity contribution in [2.24, 2.45) is 5.92 Å². The van der Waals surface area contributed by atoms with E-state index in [1.165, 1.54) is 12.7 Å². The van der Waals surface area contributed by atoms with Gasteiger partial charge in [-0.3, -0.25) is 9.69 Å². The van der Waals surface area contributed by atoms with Crippen LogP contribution in [0.5, 0.6) is 0 Å². The molecule has 1 saturated heterocycles. The Morgan fingerprint density at radius 1 is 1.37 bits per heavy atom. The Morgan fingerprint density at radius 2 is 2.00 bits per heavy atom. The predicted molar refractivity (Wildman–Crippen MR) is 71.8 cm³/mol. The highest BCUT2D eigenvalue weighted by molar-refractivity contribution is 5.97. The van der Waals surface area contributed by atoms with Crippen molar-refractivity contribution in [2.75, 3.05) is 26.2 Å². The zero-order chi connectivity index (χ0) is 13.7. The molecule has 0 bridgehead atoms. The van der Waals surface area contributed by atoms with E-state index < -0.39 is 0 Å². The molecule has 1 aromatic rings. The maximum atomic E-state index is 12.6. The average Bonchev–Trinajstić information content (AvgIpc) is 2.49. The van der Waals surface area contributed by atoms with Gasteiger partial charge in [-0.1, -0.05) is 20.3 Å². The number of piperazine rings is 1. The molecule has 104 valence electrons. The molecule has 0 aromatic carbocycles. The van der Waals surface area contributed by atoms with Crippen molar-refractivity contribution < 1.29 is 4.79 Å². The van der Waals surface area contributed by atoms with Crippen LogP contribution in [0, 0.1) is 5.92 Å². The van der Waals surface area contributed by atoms with E-state index >= 15 is 0 Å². The molecule has 0 amide bonds. The summed E-state index contributed by atoms with van der Waals surface area (Å²) in [6, 6.07) is -0.130. The molecule has 1 N–H and O–H groups in total. The van der Waals surface area contributed by atoms with Crippen LogP contribution in [0.3, 0.4) is 0 Å². The molecule has 2 heterocycles. The molecule has 1 fully saturated rings. The molecule has 1 aliphatic heterocycles. The van der Waals surface area contributed by atoms with Gasteiger partial charge in [0.2, 0.25) is 11.6 Å². The highest BCUT2D eigenvalue weighted by Crippen LogP contribution is 2.18. The van der Waals surface area contributed by atoms with Gasteiger partial charge in [-0.15, -0.1) is 0 Å². The van der Waals surface area contributed by atoms with Crippen LogP contribution in [0.15, 0.2) is 12.7 Å². The van der Waals surface area contributed by atoms with Crippen molar-refractivity contribution >= 4 is 5.78 Å². The fraction of sp³-hybridized carbons (Fsp3) is 0.692. The number of ketones is 1. The van der Waals surface area contributed by atoms with Crippen molar-refractivity contribution in [3.63, 3.8) is 0 Å². The van der Waals surface area contributed by atoms with Gasteiger partial charge in [-0.25, -0.2) is 15.0 Å². The molecule has 6 heteroatoms. The molecule has 2 atom stereocenters. The lowest BCUT2D eigenvalue weighted by atomic mass is 9.93. The minimum absolute atomic E-state index is 0.0126. The standard InChI is InChI=1S/C13H21N5O/c1-3-10(2)11(18-6-4-14-5-7-18)12(19)13-16-8-15-9-17-13/h8-11,14H,3-7H2,1-2H3. The van der Waals surface area contributed by atoms with Gasteiger partial charge < -0.3 is 5.32 Å². The monoisotopic (exact) mass is 263 g/mol. The third kappa shape index (κ3) is 3.33. The molecule has 19 heavy (non-hydrogen) atoms. The number of Topliss-reactive ketones (excluding diaryl/α,β-unsaturated/α-hetero) is 1. The summed E-state index contributed by atoms with van der Waals surface area (Å²) in [5, 5.41) is 3.31. The number of rotatable bonds is 5. The number of hydrogen-bond acceptors (Lipinski definition) is 6. The first-order chi connectivity index (χ1) is 9.24. The number of carbonyl (C=O) groups excluding carboxylic acids is 1. The molecular weight excluding hydrogens is 242 g/mol. The molecule has 0 saturated carbocycles. The average molecular weight is 263 g/mol. The fourth-order valence-corrected chi connectivity index (χ4v) is 2.47. The first kappa shape index (κ1) is 14.0. The molecule has 2 unspecified atom stereocenters. The molecule has 0 spiro atoms. The summed E-state index contributed by atoms with van der Waals surface area (Å²) < 4.78 is 0. The lowest BCUT2D eigenvalue weighted by Gasteiger charge is -2.36. The molecule has 0 aliphatic carbocycles. The Kier molecular flexibility index (Phi) is 4.93. The highest BCUT2D eigenvalue weighted by atomic mass is 16.1. The largest absolute Gasteiger partial charge is 0.314 e. The molecule has 1 aromatic heterocycles. The smallest absolute Gasteiger partial charge is 0.217 e. The van der Waals surface area contributed by atoms with E-state index in [1.54, 1.807) is 0 Å². The number of carbonyl (C=O) groups is 1. The zero-order valence-electron chi connectivity index (χ0n) is 11.5. The summed E-state index contributed by atoms with van der Waals surface area (Å²) in [5.41, 5.74) is 0. The van der Waals surface area contributed by atoms with E-state index in [9.17, 15) is 4.79 Å².